The predicted molar refractivity (Wildman–Crippen MR) is 64.1 cm³/mol. The lowest BCUT2D eigenvalue weighted by Crippen LogP contribution is -2.44. The normalized spacial score (nSPS) is 43.4. The number of aliphatic carboxylic acids is 1. The van der Waals surface area contributed by atoms with Crippen molar-refractivity contribution in [3.8, 4) is 0 Å². The first-order valence-corrected chi connectivity index (χ1v) is 6.40. The summed E-state index contributed by atoms with van der Waals surface area (Å²) in [5.74, 6) is 1.26. The molecule has 1 fully saturated rings. The topological polar surface area (TPSA) is 37.3 Å². The lowest BCUT2D eigenvalue weighted by molar-refractivity contribution is -0.135. The molecule has 4 unspecified atom stereocenters. The quantitative estimate of drug-likeness (QED) is 0.737. The number of carboxylic acid groups (broad SMARTS) is 1. The maximum absolute atomic E-state index is 11.3. The summed E-state index contributed by atoms with van der Waals surface area (Å²) in [7, 11) is 0. The molecular formula is C14H22O2. The average Bonchev–Trinajstić information content (AvgIpc) is 2.23. The molecule has 2 rings (SSSR count). The van der Waals surface area contributed by atoms with Gasteiger partial charge in [-0.05, 0) is 43.4 Å². The molecule has 0 radical (unpaired) electrons. The fourth-order valence-corrected chi connectivity index (χ4v) is 3.84. The van der Waals surface area contributed by atoms with E-state index in [9.17, 15) is 9.90 Å². The molecule has 16 heavy (non-hydrogen) atoms. The number of hydrogen-bond donors (Lipinski definition) is 1. The lowest BCUT2D eigenvalue weighted by atomic mass is 9.54. The van der Waals surface area contributed by atoms with Crippen LogP contribution in [0.5, 0.6) is 0 Å². The van der Waals surface area contributed by atoms with Gasteiger partial charge in [-0.15, -0.1) is 0 Å². The standard InChI is InChI=1S/C14H22O2/c1-9-7-8-14(3)11(10(9)2)5-4-6-12(14)13(15)16/h6,9-11H,4-5,7-8H2,1-3H3,(H,15,16). The van der Waals surface area contributed by atoms with Gasteiger partial charge in [0.05, 0.1) is 0 Å². The molecule has 4 atom stereocenters. The second-order valence-electron chi connectivity index (χ2n) is 5.90. The highest BCUT2D eigenvalue weighted by molar-refractivity contribution is 5.88. The average molecular weight is 222 g/mol. The third-order valence-corrected chi connectivity index (χ3v) is 5.14. The van der Waals surface area contributed by atoms with E-state index in [0.717, 1.165) is 18.8 Å². The number of carboxylic acids is 1. The first-order valence-electron chi connectivity index (χ1n) is 6.40. The van der Waals surface area contributed by atoms with E-state index >= 15 is 0 Å². The highest BCUT2D eigenvalue weighted by Gasteiger charge is 2.48. The van der Waals surface area contributed by atoms with Crippen LogP contribution in [0.3, 0.4) is 0 Å². The second-order valence-corrected chi connectivity index (χ2v) is 5.90. The van der Waals surface area contributed by atoms with E-state index in [4.69, 9.17) is 0 Å². The first kappa shape index (κ1) is 11.7. The molecule has 2 heteroatoms. The summed E-state index contributed by atoms with van der Waals surface area (Å²) in [5, 5.41) is 9.33. The Morgan fingerprint density at radius 3 is 2.75 bits per heavy atom. The van der Waals surface area contributed by atoms with Crippen LogP contribution < -0.4 is 0 Å². The highest BCUT2D eigenvalue weighted by atomic mass is 16.4. The number of rotatable bonds is 1. The van der Waals surface area contributed by atoms with E-state index in [2.05, 4.69) is 20.8 Å². The van der Waals surface area contributed by atoms with Crippen LogP contribution in [0, 0.1) is 23.2 Å². The maximum Gasteiger partial charge on any atom is 0.331 e. The Labute approximate surface area is 97.7 Å². The summed E-state index contributed by atoms with van der Waals surface area (Å²) in [5.41, 5.74) is 0.609. The Hall–Kier alpha value is -0.790. The summed E-state index contributed by atoms with van der Waals surface area (Å²) in [6, 6.07) is 0. The Morgan fingerprint density at radius 1 is 1.44 bits per heavy atom. The molecule has 1 N–H and O–H groups in total. The summed E-state index contributed by atoms with van der Waals surface area (Å²) in [4.78, 5) is 11.3. The van der Waals surface area contributed by atoms with Crippen molar-refractivity contribution in [1.29, 1.82) is 0 Å². The minimum absolute atomic E-state index is 0.0734. The van der Waals surface area contributed by atoms with E-state index in [-0.39, 0.29) is 5.41 Å². The summed E-state index contributed by atoms with van der Waals surface area (Å²) >= 11 is 0. The zero-order chi connectivity index (χ0) is 11.9. The van der Waals surface area contributed by atoms with Crippen molar-refractivity contribution in [3.63, 3.8) is 0 Å². The SMILES string of the molecule is CC1CCC2(C)C(C(=O)O)=CCCC2C1C. The van der Waals surface area contributed by atoms with Gasteiger partial charge in [0.2, 0.25) is 0 Å². The molecule has 0 spiro atoms. The zero-order valence-electron chi connectivity index (χ0n) is 10.5. The van der Waals surface area contributed by atoms with Crippen LogP contribution in [0.15, 0.2) is 11.6 Å². The molecule has 0 bridgehead atoms. The van der Waals surface area contributed by atoms with Crippen LogP contribution in [0.1, 0.15) is 46.5 Å². The van der Waals surface area contributed by atoms with Crippen molar-refractivity contribution in [2.24, 2.45) is 23.2 Å². The van der Waals surface area contributed by atoms with Gasteiger partial charge in [-0.3, -0.25) is 0 Å². The van der Waals surface area contributed by atoms with Gasteiger partial charge in [0, 0.05) is 11.0 Å². The Kier molecular flexibility index (Phi) is 2.85. The maximum atomic E-state index is 11.3. The molecule has 0 saturated heterocycles. The van der Waals surface area contributed by atoms with Gasteiger partial charge in [0.25, 0.3) is 0 Å². The Morgan fingerprint density at radius 2 is 2.12 bits per heavy atom. The molecule has 2 aliphatic rings. The number of carbonyl (C=O) groups is 1. The molecule has 0 aromatic rings. The minimum Gasteiger partial charge on any atom is -0.478 e. The van der Waals surface area contributed by atoms with Crippen LogP contribution in [-0.4, -0.2) is 11.1 Å². The molecule has 90 valence electrons. The third kappa shape index (κ3) is 1.59. The van der Waals surface area contributed by atoms with E-state index in [1.54, 1.807) is 0 Å². The van der Waals surface area contributed by atoms with Gasteiger partial charge in [-0.2, -0.15) is 0 Å². The third-order valence-electron chi connectivity index (χ3n) is 5.14. The van der Waals surface area contributed by atoms with E-state index in [0.29, 0.717) is 17.4 Å². The summed E-state index contributed by atoms with van der Waals surface area (Å²) < 4.78 is 0. The highest BCUT2D eigenvalue weighted by Crippen LogP contribution is 2.54. The van der Waals surface area contributed by atoms with Crippen LogP contribution in [-0.2, 0) is 4.79 Å². The van der Waals surface area contributed by atoms with Crippen molar-refractivity contribution >= 4 is 5.97 Å². The molecule has 0 amide bonds. The fourth-order valence-electron chi connectivity index (χ4n) is 3.84. The zero-order valence-corrected chi connectivity index (χ0v) is 10.5. The molecule has 2 aliphatic carbocycles. The van der Waals surface area contributed by atoms with Crippen LogP contribution in [0.2, 0.25) is 0 Å². The van der Waals surface area contributed by atoms with E-state index in [1.807, 2.05) is 6.08 Å². The monoisotopic (exact) mass is 222 g/mol. The predicted octanol–water partition coefficient (Wildman–Crippen LogP) is 3.48. The van der Waals surface area contributed by atoms with Crippen molar-refractivity contribution in [2.75, 3.05) is 0 Å². The Bertz CT molecular complexity index is 332. The molecule has 1 saturated carbocycles. The van der Waals surface area contributed by atoms with Crippen molar-refractivity contribution in [3.05, 3.63) is 11.6 Å². The number of hydrogen-bond acceptors (Lipinski definition) is 1. The van der Waals surface area contributed by atoms with Gasteiger partial charge in [0.1, 0.15) is 0 Å². The lowest BCUT2D eigenvalue weighted by Gasteiger charge is -2.50. The second kappa shape index (κ2) is 3.90. The molecule has 0 heterocycles. The number of allylic oxidation sites excluding steroid dienone is 1. The van der Waals surface area contributed by atoms with Crippen molar-refractivity contribution in [2.45, 2.75) is 46.5 Å². The van der Waals surface area contributed by atoms with Crippen LogP contribution >= 0.6 is 0 Å². The van der Waals surface area contributed by atoms with E-state index < -0.39 is 5.97 Å². The van der Waals surface area contributed by atoms with Gasteiger partial charge in [-0.25, -0.2) is 4.79 Å². The van der Waals surface area contributed by atoms with Gasteiger partial charge in [-0.1, -0.05) is 26.8 Å². The number of fused-ring (bicyclic) bond motifs is 1. The van der Waals surface area contributed by atoms with E-state index in [1.165, 1.54) is 12.8 Å². The van der Waals surface area contributed by atoms with Gasteiger partial charge >= 0.3 is 5.97 Å². The van der Waals surface area contributed by atoms with Crippen LogP contribution in [0.25, 0.3) is 0 Å². The molecule has 2 nitrogen and oxygen atoms in total. The smallest absolute Gasteiger partial charge is 0.331 e. The molecule has 0 aromatic carbocycles. The van der Waals surface area contributed by atoms with Gasteiger partial charge in [0.15, 0.2) is 0 Å². The minimum atomic E-state index is -0.700. The molecule has 0 aromatic heterocycles. The molecular weight excluding hydrogens is 200 g/mol. The fraction of sp³-hybridized carbons (Fsp3) is 0.786. The van der Waals surface area contributed by atoms with Crippen LogP contribution in [0.4, 0.5) is 0 Å². The van der Waals surface area contributed by atoms with Crippen molar-refractivity contribution < 1.29 is 9.90 Å². The van der Waals surface area contributed by atoms with Crippen molar-refractivity contribution in [1.82, 2.24) is 0 Å². The summed E-state index contributed by atoms with van der Waals surface area (Å²) in [6.45, 7) is 6.78. The Balaban J connectivity index is 2.35. The largest absolute Gasteiger partial charge is 0.478 e. The summed E-state index contributed by atoms with van der Waals surface area (Å²) in [6.07, 6.45) is 6.28. The molecule has 0 aliphatic heterocycles. The first-order chi connectivity index (χ1) is 7.47. The van der Waals surface area contributed by atoms with Gasteiger partial charge < -0.3 is 5.11 Å².